The van der Waals surface area contributed by atoms with Crippen molar-refractivity contribution < 1.29 is 28.8 Å². The smallest absolute Gasteiger partial charge is 0.338 e. The Morgan fingerprint density at radius 2 is 1.85 bits per heavy atom. The maximum atomic E-state index is 13.9. The van der Waals surface area contributed by atoms with Crippen LogP contribution in [-0.4, -0.2) is 42.6 Å². The Labute approximate surface area is 243 Å². The van der Waals surface area contributed by atoms with E-state index in [-0.39, 0.29) is 23.5 Å². The standard InChI is InChI=1S/C31H36N2O7S/c1-6-9-10-15-40-23-14-12-21(18-25(23)37-5)28-27(30(36)39-8-3)19(4)32-31-33(28)29(35)26(41-31)17-20-11-13-22(34)24(16-20)38-7-2/h11-14,16-18,28,34H,6-10,15H2,1-5H3. The second-order valence-corrected chi connectivity index (χ2v) is 10.4. The molecule has 0 radical (unpaired) electrons. The van der Waals surface area contributed by atoms with Crippen molar-refractivity contribution >= 4 is 23.4 Å². The molecule has 1 aliphatic heterocycles. The van der Waals surface area contributed by atoms with E-state index in [0.717, 1.165) is 19.3 Å². The lowest BCUT2D eigenvalue weighted by atomic mass is 9.95. The van der Waals surface area contributed by atoms with Crippen LogP contribution in [0.5, 0.6) is 23.0 Å². The molecule has 0 saturated carbocycles. The normalized spacial score (nSPS) is 14.9. The van der Waals surface area contributed by atoms with Crippen molar-refractivity contribution in [2.75, 3.05) is 26.9 Å². The van der Waals surface area contributed by atoms with E-state index < -0.39 is 12.0 Å². The molecule has 0 bridgehead atoms. The molecule has 3 aromatic rings. The number of nitrogens with zero attached hydrogens (tertiary/aromatic N) is 2. The summed E-state index contributed by atoms with van der Waals surface area (Å²) in [5.41, 5.74) is 1.80. The number of aromatic nitrogens is 1. The Balaban J connectivity index is 1.85. The van der Waals surface area contributed by atoms with Gasteiger partial charge in [0.2, 0.25) is 0 Å². The highest BCUT2D eigenvalue weighted by Gasteiger charge is 2.34. The summed E-state index contributed by atoms with van der Waals surface area (Å²) >= 11 is 1.22. The van der Waals surface area contributed by atoms with Crippen LogP contribution >= 0.6 is 11.3 Å². The molecule has 0 spiro atoms. The van der Waals surface area contributed by atoms with E-state index in [1.807, 2.05) is 13.0 Å². The third-order valence-corrected chi connectivity index (χ3v) is 7.59. The van der Waals surface area contributed by atoms with Crippen LogP contribution in [0, 0.1) is 0 Å². The first-order valence-corrected chi connectivity index (χ1v) is 14.6. The summed E-state index contributed by atoms with van der Waals surface area (Å²) in [4.78, 5) is 32.2. The Morgan fingerprint density at radius 1 is 1.05 bits per heavy atom. The van der Waals surface area contributed by atoms with Gasteiger partial charge in [0.1, 0.15) is 0 Å². The molecule has 1 N–H and O–H groups in total. The summed E-state index contributed by atoms with van der Waals surface area (Å²) in [7, 11) is 1.56. The van der Waals surface area contributed by atoms with Gasteiger partial charge in [-0.25, -0.2) is 9.79 Å². The van der Waals surface area contributed by atoms with Crippen LogP contribution in [-0.2, 0) is 9.53 Å². The number of phenols is 1. The van der Waals surface area contributed by atoms with E-state index in [4.69, 9.17) is 18.9 Å². The molecule has 10 heteroatoms. The SMILES string of the molecule is CCCCCOc1ccc(C2C(C(=O)OCC)=C(C)N=c3sc(=Cc4ccc(O)c(OCC)c4)c(=O)n32)cc1OC. The van der Waals surface area contributed by atoms with E-state index >= 15 is 0 Å². The fraction of sp³-hybridized carbons (Fsp3) is 0.387. The maximum Gasteiger partial charge on any atom is 0.338 e. The lowest BCUT2D eigenvalue weighted by molar-refractivity contribution is -0.139. The number of unbranched alkanes of at least 4 members (excludes halogenated alkanes) is 2. The monoisotopic (exact) mass is 580 g/mol. The van der Waals surface area contributed by atoms with Crippen LogP contribution in [0.3, 0.4) is 0 Å². The molecule has 0 saturated heterocycles. The quantitative estimate of drug-likeness (QED) is 0.249. The number of rotatable bonds is 12. The molecular weight excluding hydrogens is 544 g/mol. The van der Waals surface area contributed by atoms with Gasteiger partial charge in [-0.05, 0) is 68.7 Å². The number of hydrogen-bond acceptors (Lipinski definition) is 9. The number of aromatic hydroxyl groups is 1. The molecule has 1 unspecified atom stereocenters. The summed E-state index contributed by atoms with van der Waals surface area (Å²) in [6.45, 7) is 8.58. The highest BCUT2D eigenvalue weighted by Crippen LogP contribution is 2.36. The number of hydrogen-bond donors (Lipinski definition) is 1. The van der Waals surface area contributed by atoms with E-state index in [0.29, 0.717) is 56.6 Å². The van der Waals surface area contributed by atoms with Gasteiger partial charge in [-0.1, -0.05) is 43.2 Å². The molecule has 1 atom stereocenters. The second kappa shape index (κ2) is 13.5. The van der Waals surface area contributed by atoms with Gasteiger partial charge in [-0.2, -0.15) is 0 Å². The van der Waals surface area contributed by atoms with E-state index in [2.05, 4.69) is 11.9 Å². The number of benzene rings is 2. The number of carbonyl (C=O) groups is 1. The van der Waals surface area contributed by atoms with Crippen molar-refractivity contribution in [3.63, 3.8) is 0 Å². The van der Waals surface area contributed by atoms with Gasteiger partial charge in [-0.3, -0.25) is 9.36 Å². The molecule has 2 aromatic carbocycles. The third kappa shape index (κ3) is 6.48. The molecule has 41 heavy (non-hydrogen) atoms. The number of thiazole rings is 1. The maximum absolute atomic E-state index is 13.9. The van der Waals surface area contributed by atoms with Crippen LogP contribution in [0.1, 0.15) is 64.1 Å². The van der Waals surface area contributed by atoms with Gasteiger partial charge in [0.15, 0.2) is 27.8 Å². The molecule has 9 nitrogen and oxygen atoms in total. The van der Waals surface area contributed by atoms with Crippen molar-refractivity contribution in [1.29, 1.82) is 0 Å². The molecule has 1 aliphatic rings. The minimum atomic E-state index is -0.783. The van der Waals surface area contributed by atoms with Crippen LogP contribution in [0.15, 0.2) is 57.5 Å². The average molecular weight is 581 g/mol. The Morgan fingerprint density at radius 3 is 2.56 bits per heavy atom. The number of methoxy groups -OCH3 is 1. The van der Waals surface area contributed by atoms with Gasteiger partial charge in [0.25, 0.3) is 5.56 Å². The van der Waals surface area contributed by atoms with Gasteiger partial charge in [0, 0.05) is 0 Å². The van der Waals surface area contributed by atoms with E-state index in [9.17, 15) is 14.7 Å². The summed E-state index contributed by atoms with van der Waals surface area (Å²) in [5.74, 6) is 0.914. The zero-order valence-corrected chi connectivity index (χ0v) is 24.9. The van der Waals surface area contributed by atoms with Crippen molar-refractivity contribution in [3.8, 4) is 23.0 Å². The summed E-state index contributed by atoms with van der Waals surface area (Å²) in [6, 6.07) is 9.56. The summed E-state index contributed by atoms with van der Waals surface area (Å²) < 4.78 is 24.4. The minimum Gasteiger partial charge on any atom is -0.504 e. The first-order valence-electron chi connectivity index (χ1n) is 13.8. The molecular formula is C31H36N2O7S. The van der Waals surface area contributed by atoms with Crippen LogP contribution in [0.4, 0.5) is 0 Å². The van der Waals surface area contributed by atoms with Crippen molar-refractivity contribution in [2.24, 2.45) is 4.99 Å². The van der Waals surface area contributed by atoms with E-state index in [1.165, 1.54) is 22.0 Å². The largest absolute Gasteiger partial charge is 0.504 e. The van der Waals surface area contributed by atoms with Crippen LogP contribution < -0.4 is 29.1 Å². The molecule has 2 heterocycles. The highest BCUT2D eigenvalue weighted by molar-refractivity contribution is 7.07. The van der Waals surface area contributed by atoms with Crippen molar-refractivity contribution in [1.82, 2.24) is 4.57 Å². The minimum absolute atomic E-state index is 0.0203. The Hall–Kier alpha value is -4.05. The van der Waals surface area contributed by atoms with Crippen LogP contribution in [0.25, 0.3) is 6.08 Å². The molecule has 218 valence electrons. The predicted octanol–water partition coefficient (Wildman–Crippen LogP) is 4.48. The van der Waals surface area contributed by atoms with Gasteiger partial charge >= 0.3 is 5.97 Å². The Kier molecular flexibility index (Phi) is 9.88. The molecule has 1 aromatic heterocycles. The molecule has 0 fully saturated rings. The Bertz CT molecular complexity index is 1620. The second-order valence-electron chi connectivity index (χ2n) is 9.43. The summed E-state index contributed by atoms with van der Waals surface area (Å²) in [5, 5.41) is 10.1. The van der Waals surface area contributed by atoms with Crippen molar-refractivity contribution in [2.45, 2.75) is 53.0 Å². The highest BCUT2D eigenvalue weighted by atomic mass is 32.1. The first-order chi connectivity index (χ1) is 19.8. The van der Waals surface area contributed by atoms with Crippen LogP contribution in [0.2, 0.25) is 0 Å². The number of allylic oxidation sites excluding steroid dienone is 1. The van der Waals surface area contributed by atoms with E-state index in [1.54, 1.807) is 51.3 Å². The molecule has 0 amide bonds. The number of phenolic OH excluding ortho intramolecular Hbond substituents is 1. The third-order valence-electron chi connectivity index (χ3n) is 6.61. The lowest BCUT2D eigenvalue weighted by Gasteiger charge is -2.25. The fourth-order valence-electron chi connectivity index (χ4n) is 4.66. The number of fused-ring (bicyclic) bond motifs is 1. The zero-order chi connectivity index (χ0) is 29.5. The summed E-state index contributed by atoms with van der Waals surface area (Å²) in [6.07, 6.45) is 4.81. The number of esters is 1. The van der Waals surface area contributed by atoms with Crippen molar-refractivity contribution in [3.05, 3.63) is 78.5 Å². The van der Waals surface area contributed by atoms with Gasteiger partial charge in [-0.15, -0.1) is 0 Å². The fourth-order valence-corrected chi connectivity index (χ4v) is 5.70. The number of carbonyl (C=O) groups excluding carboxylic acids is 1. The van der Waals surface area contributed by atoms with Gasteiger partial charge < -0.3 is 24.1 Å². The topological polar surface area (TPSA) is 109 Å². The first kappa shape index (κ1) is 29.9. The zero-order valence-electron chi connectivity index (χ0n) is 24.1. The molecule has 0 aliphatic carbocycles. The van der Waals surface area contributed by atoms with Gasteiger partial charge in [0.05, 0.1) is 48.8 Å². The molecule has 4 rings (SSSR count). The predicted molar refractivity (Wildman–Crippen MR) is 158 cm³/mol. The average Bonchev–Trinajstić information content (AvgIpc) is 3.26. The number of ether oxygens (including phenoxy) is 4. The lowest BCUT2D eigenvalue weighted by Crippen LogP contribution is -2.40.